The Labute approximate surface area is 269 Å². The van der Waals surface area contributed by atoms with E-state index >= 15 is 0 Å². The van der Waals surface area contributed by atoms with Crippen molar-refractivity contribution in [3.63, 3.8) is 0 Å². The standard InChI is InChI=1S/C35H43NO8S/c1-23-28-20-29-25(3)45-26(4)31(29)22-44-19-17-42-15-13-40-11-10-39-12-14-41-16-18-43-21-30(28)24(2)33-32(23)34(37)36(35(33)38)27-8-6-5-7-9-27/h5-9H,10-22H2,1-4H3. The van der Waals surface area contributed by atoms with Gasteiger partial charge in [0.1, 0.15) is 0 Å². The molecule has 0 aliphatic carbocycles. The number of aryl methyl sites for hydroxylation is 2. The fourth-order valence-electron chi connectivity index (χ4n) is 5.95. The van der Waals surface area contributed by atoms with E-state index in [4.69, 9.17) is 28.4 Å². The molecule has 2 aromatic carbocycles. The number of anilines is 1. The van der Waals surface area contributed by atoms with Crippen molar-refractivity contribution in [2.45, 2.75) is 47.3 Å². The molecule has 10 heteroatoms. The summed E-state index contributed by atoms with van der Waals surface area (Å²) in [4.78, 5) is 31.4. The number of thiophene rings is 1. The Morgan fingerprint density at radius 2 is 0.956 bits per heavy atom. The molecule has 0 fully saturated rings. The molecule has 0 unspecified atom stereocenters. The van der Waals surface area contributed by atoms with Crippen LogP contribution in [0.2, 0.25) is 0 Å². The molecule has 0 spiro atoms. The van der Waals surface area contributed by atoms with Crippen molar-refractivity contribution in [1.82, 2.24) is 0 Å². The molecule has 1 aromatic heterocycles. The van der Waals surface area contributed by atoms with Gasteiger partial charge in [0.05, 0.1) is 96.1 Å². The number of carbonyl (C=O) groups is 2. The van der Waals surface area contributed by atoms with E-state index in [1.54, 1.807) is 23.5 Å². The lowest BCUT2D eigenvalue weighted by Crippen LogP contribution is -2.29. The van der Waals surface area contributed by atoms with Crippen molar-refractivity contribution in [3.05, 3.63) is 84.6 Å². The highest BCUT2D eigenvalue weighted by molar-refractivity contribution is 7.12. The van der Waals surface area contributed by atoms with E-state index in [1.807, 2.05) is 32.0 Å². The number of nitrogens with zero attached hydrogens (tertiary/aromatic N) is 1. The lowest BCUT2D eigenvalue weighted by Gasteiger charge is -2.20. The fourth-order valence-corrected chi connectivity index (χ4v) is 7.03. The van der Waals surface area contributed by atoms with Gasteiger partial charge in [-0.25, -0.2) is 4.90 Å². The molecule has 0 atom stereocenters. The van der Waals surface area contributed by atoms with Crippen LogP contribution in [0.25, 0.3) is 0 Å². The molecular formula is C35H43NO8S. The van der Waals surface area contributed by atoms with Crippen molar-refractivity contribution in [3.8, 4) is 0 Å². The predicted octanol–water partition coefficient (Wildman–Crippen LogP) is 5.49. The van der Waals surface area contributed by atoms with Gasteiger partial charge in [0.2, 0.25) is 0 Å². The second-order valence-corrected chi connectivity index (χ2v) is 12.6. The largest absolute Gasteiger partial charge is 0.377 e. The summed E-state index contributed by atoms with van der Waals surface area (Å²) in [5.74, 6) is -0.589. The summed E-state index contributed by atoms with van der Waals surface area (Å²) in [6.45, 7) is 13.6. The first-order valence-corrected chi connectivity index (χ1v) is 16.3. The zero-order chi connectivity index (χ0) is 31.8. The van der Waals surface area contributed by atoms with Crippen molar-refractivity contribution in [2.24, 2.45) is 0 Å². The summed E-state index contributed by atoms with van der Waals surface area (Å²) in [7, 11) is 0. The Balaban J connectivity index is 1.48. The topological polar surface area (TPSA) is 92.8 Å². The molecule has 9 nitrogen and oxygen atoms in total. The fraction of sp³-hybridized carbons (Fsp3) is 0.486. The van der Waals surface area contributed by atoms with Crippen LogP contribution in [0.15, 0.2) is 30.3 Å². The number of fused-ring (bicyclic) bond motifs is 3. The summed E-state index contributed by atoms with van der Waals surface area (Å²) in [6.07, 6.45) is 0.599. The van der Waals surface area contributed by atoms with Crippen molar-refractivity contribution in [2.75, 3.05) is 71.0 Å². The third kappa shape index (κ3) is 7.72. The third-order valence-electron chi connectivity index (χ3n) is 8.34. The molecule has 5 rings (SSSR count). The van der Waals surface area contributed by atoms with Crippen LogP contribution in [-0.2, 0) is 48.1 Å². The molecule has 3 heterocycles. The van der Waals surface area contributed by atoms with Crippen LogP contribution in [0.3, 0.4) is 0 Å². The molecule has 0 radical (unpaired) electrons. The highest BCUT2D eigenvalue weighted by atomic mass is 32.1. The van der Waals surface area contributed by atoms with E-state index in [1.165, 1.54) is 20.2 Å². The number of ether oxygens (including phenoxy) is 6. The van der Waals surface area contributed by atoms with Gasteiger partial charge < -0.3 is 28.4 Å². The summed E-state index contributed by atoms with van der Waals surface area (Å²) in [5, 5.41) is 0. The van der Waals surface area contributed by atoms with Gasteiger partial charge in [-0.1, -0.05) is 18.2 Å². The maximum Gasteiger partial charge on any atom is 0.266 e. The van der Waals surface area contributed by atoms with Gasteiger partial charge in [-0.2, -0.15) is 0 Å². The van der Waals surface area contributed by atoms with Crippen LogP contribution in [0.4, 0.5) is 5.69 Å². The van der Waals surface area contributed by atoms with Crippen LogP contribution in [0.1, 0.15) is 63.9 Å². The van der Waals surface area contributed by atoms with E-state index in [0.717, 1.165) is 27.8 Å². The summed E-state index contributed by atoms with van der Waals surface area (Å²) in [6, 6.07) is 9.11. The van der Waals surface area contributed by atoms with Crippen LogP contribution in [-0.4, -0.2) is 77.9 Å². The number of carbonyl (C=O) groups excluding carboxylic acids is 2. The molecule has 2 aliphatic heterocycles. The molecule has 0 saturated carbocycles. The maximum atomic E-state index is 13.9. The molecule has 0 N–H and O–H groups in total. The summed E-state index contributed by atoms with van der Waals surface area (Å²) in [5.41, 5.74) is 7.39. The molecule has 242 valence electrons. The predicted molar refractivity (Wildman–Crippen MR) is 173 cm³/mol. The normalized spacial score (nSPS) is 18.4. The maximum absolute atomic E-state index is 13.9. The quantitative estimate of drug-likeness (QED) is 0.324. The molecule has 3 aromatic rings. The van der Waals surface area contributed by atoms with E-state index in [-0.39, 0.29) is 11.8 Å². The smallest absolute Gasteiger partial charge is 0.266 e. The third-order valence-corrected chi connectivity index (χ3v) is 9.45. The molecule has 45 heavy (non-hydrogen) atoms. The number of rotatable bonds is 1. The van der Waals surface area contributed by atoms with Crippen LogP contribution in [0, 0.1) is 27.7 Å². The van der Waals surface area contributed by atoms with Crippen molar-refractivity contribution in [1.29, 1.82) is 0 Å². The van der Waals surface area contributed by atoms with E-state index in [0.29, 0.717) is 103 Å². The van der Waals surface area contributed by atoms with Gasteiger partial charge in [0.25, 0.3) is 11.8 Å². The van der Waals surface area contributed by atoms with E-state index in [9.17, 15) is 9.59 Å². The number of benzene rings is 2. The number of amides is 2. The lowest BCUT2D eigenvalue weighted by molar-refractivity contribution is -0.0185. The minimum Gasteiger partial charge on any atom is -0.377 e. The molecule has 2 amide bonds. The second kappa shape index (κ2) is 16.0. The van der Waals surface area contributed by atoms with Crippen molar-refractivity contribution >= 4 is 28.8 Å². The molecular weight excluding hydrogens is 594 g/mol. The summed E-state index contributed by atoms with van der Waals surface area (Å²) >= 11 is 1.75. The average Bonchev–Trinajstić information content (AvgIpc) is 3.45. The van der Waals surface area contributed by atoms with E-state index < -0.39 is 0 Å². The Hall–Kier alpha value is -2.96. The SMILES string of the molecule is Cc1sc(C)c2c1COCCOCCOCCOCCOCCOCc1c(C)c3c(c(C)c1C2)C(=O)N(c1ccccc1)C3=O. The Morgan fingerprint density at radius 1 is 0.533 bits per heavy atom. The highest BCUT2D eigenvalue weighted by Gasteiger charge is 2.41. The molecule has 0 saturated heterocycles. The van der Waals surface area contributed by atoms with Gasteiger partial charge in [0, 0.05) is 9.75 Å². The van der Waals surface area contributed by atoms with Gasteiger partial charge >= 0.3 is 0 Å². The molecule has 2 aliphatic rings. The Morgan fingerprint density at radius 3 is 1.47 bits per heavy atom. The Kier molecular flexibility index (Phi) is 11.9. The first-order chi connectivity index (χ1) is 21.9. The summed E-state index contributed by atoms with van der Waals surface area (Å²) < 4.78 is 34.7. The van der Waals surface area contributed by atoms with E-state index in [2.05, 4.69) is 13.8 Å². The highest BCUT2D eigenvalue weighted by Crippen LogP contribution is 2.39. The van der Waals surface area contributed by atoms with Crippen LogP contribution in [0.5, 0.6) is 0 Å². The number of hydrogen-bond acceptors (Lipinski definition) is 9. The average molecular weight is 638 g/mol. The van der Waals surface area contributed by atoms with Gasteiger partial charge in [-0.05, 0) is 79.6 Å². The monoisotopic (exact) mass is 637 g/mol. The van der Waals surface area contributed by atoms with Gasteiger partial charge in [0.15, 0.2) is 0 Å². The second-order valence-electron chi connectivity index (χ2n) is 11.1. The lowest BCUT2D eigenvalue weighted by atomic mass is 9.85. The number of para-hydroxylation sites is 1. The Bertz CT molecular complexity index is 1480. The minimum atomic E-state index is -0.300. The zero-order valence-corrected chi connectivity index (χ0v) is 27.5. The van der Waals surface area contributed by atoms with Gasteiger partial charge in [-0.15, -0.1) is 11.3 Å². The van der Waals surface area contributed by atoms with Crippen molar-refractivity contribution < 1.29 is 38.0 Å². The first kappa shape index (κ1) is 33.4. The first-order valence-electron chi connectivity index (χ1n) is 15.5. The number of hydrogen-bond donors (Lipinski definition) is 0. The van der Waals surface area contributed by atoms with Crippen LogP contribution < -0.4 is 4.90 Å². The number of imide groups is 1. The van der Waals surface area contributed by atoms with Gasteiger partial charge in [-0.3, -0.25) is 9.59 Å². The zero-order valence-electron chi connectivity index (χ0n) is 26.7. The minimum absolute atomic E-state index is 0.290. The van der Waals surface area contributed by atoms with Crippen LogP contribution >= 0.6 is 11.3 Å². The molecule has 0 bridgehead atoms.